The van der Waals surface area contributed by atoms with Crippen molar-refractivity contribution >= 4 is 45.2 Å². The molecule has 0 aliphatic heterocycles. The maximum Gasteiger partial charge on any atom is 0.384 e. The van der Waals surface area contributed by atoms with Crippen molar-refractivity contribution in [2.75, 3.05) is 56.9 Å². The highest BCUT2D eigenvalue weighted by atomic mass is 28.3. The first-order chi connectivity index (χ1) is 18.0. The molecule has 0 unspecified atom stereocenters. The summed E-state index contributed by atoms with van der Waals surface area (Å²) in [6.45, 7) is 0. The van der Waals surface area contributed by atoms with Crippen LogP contribution in [-0.4, -0.2) is 102 Å². The molecule has 0 bridgehead atoms. The van der Waals surface area contributed by atoms with Crippen LogP contribution in [0.5, 0.6) is 0 Å². The van der Waals surface area contributed by atoms with Gasteiger partial charge in [-0.05, 0) is 24.2 Å². The van der Waals surface area contributed by atoms with E-state index in [4.69, 9.17) is 35.4 Å². The topological polar surface area (TPSA) is 73.8 Å². The summed E-state index contributed by atoms with van der Waals surface area (Å²) in [6, 6.07) is 9.88. The molecule has 220 valence electrons. The predicted octanol–water partition coefficient (Wildman–Crippen LogP) is 5.68. The Hall–Kier alpha value is 0.764. The van der Waals surface area contributed by atoms with Crippen molar-refractivity contribution < 1.29 is 35.4 Å². The summed E-state index contributed by atoms with van der Waals surface area (Å²) in [7, 11) is 8.34. The molecule has 0 heterocycles. The fraction of sp³-hybridized carbons (Fsp3) is 1.00. The van der Waals surface area contributed by atoms with Crippen LogP contribution in [0.2, 0.25) is 48.4 Å². The van der Waals surface area contributed by atoms with Crippen LogP contribution in [0.15, 0.2) is 0 Å². The van der Waals surface area contributed by atoms with Gasteiger partial charge in [0.05, 0.1) is 8.07 Å². The van der Waals surface area contributed by atoms with Gasteiger partial charge < -0.3 is 35.4 Å². The van der Waals surface area contributed by atoms with Crippen LogP contribution in [0.4, 0.5) is 0 Å². The average Bonchev–Trinajstić information content (AvgIpc) is 2.93. The summed E-state index contributed by atoms with van der Waals surface area (Å²) in [6.07, 6.45) is 9.95. The maximum absolute atomic E-state index is 5.53. The Morgan fingerprint density at radius 3 is 0.676 bits per heavy atom. The molecule has 0 atom stereocenters. The lowest BCUT2D eigenvalue weighted by molar-refractivity contribution is 0.276. The average molecular weight is 613 g/mol. The van der Waals surface area contributed by atoms with Crippen molar-refractivity contribution in [2.45, 2.75) is 99.7 Å². The fourth-order valence-electron chi connectivity index (χ4n) is 4.98. The van der Waals surface area contributed by atoms with Crippen molar-refractivity contribution in [3.63, 3.8) is 0 Å². The van der Waals surface area contributed by atoms with Gasteiger partial charge in [0.1, 0.15) is 0 Å². The van der Waals surface area contributed by atoms with Crippen molar-refractivity contribution in [3.05, 3.63) is 0 Å². The van der Waals surface area contributed by atoms with Crippen molar-refractivity contribution in [1.29, 1.82) is 0 Å². The van der Waals surface area contributed by atoms with Gasteiger partial charge in [0.15, 0.2) is 0 Å². The Kier molecular flexibility index (Phi) is 26.2. The molecule has 13 heteroatoms. The second-order valence-corrected chi connectivity index (χ2v) is 22.7. The first kappa shape index (κ1) is 37.8. The number of hydrogen-bond acceptors (Lipinski definition) is 8. The van der Waals surface area contributed by atoms with Crippen LogP contribution >= 0.6 is 0 Å². The zero-order valence-corrected chi connectivity index (χ0v) is 30.1. The molecular formula is C24H56O8Si5. The van der Waals surface area contributed by atoms with Gasteiger partial charge >= 0.3 is 37.1 Å². The summed E-state index contributed by atoms with van der Waals surface area (Å²) in [4.78, 5) is 0. The lowest BCUT2D eigenvalue weighted by Gasteiger charge is -2.33. The summed E-state index contributed by atoms with van der Waals surface area (Å²) < 4.78 is 44.2. The minimum atomic E-state index is -1.45. The molecule has 4 radical (unpaired) electrons. The highest BCUT2D eigenvalue weighted by molar-refractivity contribution is 6.79. The van der Waals surface area contributed by atoms with E-state index >= 15 is 0 Å². The SMILES string of the molecule is CO[Si](CCCC[Si](CCCC[Si](OC)OC)(CCCC[Si](OC)OC)CCCC[Si](OC)OC)OC. The van der Waals surface area contributed by atoms with Gasteiger partial charge in [-0.25, -0.2) is 0 Å². The Balaban J connectivity index is 5.24. The van der Waals surface area contributed by atoms with E-state index in [9.17, 15) is 0 Å². The second kappa shape index (κ2) is 25.7. The maximum atomic E-state index is 5.53. The Bertz CT molecular complexity index is 397. The molecule has 0 aromatic rings. The second-order valence-electron chi connectivity index (χ2n) is 9.45. The molecule has 0 N–H and O–H groups in total. The Morgan fingerprint density at radius 1 is 0.324 bits per heavy atom. The molecule has 0 rings (SSSR count). The highest BCUT2D eigenvalue weighted by Crippen LogP contribution is 2.35. The summed E-state index contributed by atoms with van der Waals surface area (Å²) in [5.74, 6) is 0. The molecule has 0 aliphatic rings. The van der Waals surface area contributed by atoms with Crippen LogP contribution in [0, 0.1) is 0 Å². The third kappa shape index (κ3) is 18.7. The van der Waals surface area contributed by atoms with Crippen molar-refractivity contribution in [2.24, 2.45) is 0 Å². The lowest BCUT2D eigenvalue weighted by atomic mass is 10.4. The third-order valence-electron chi connectivity index (χ3n) is 7.17. The largest absolute Gasteiger partial charge is 0.397 e. The molecule has 0 fully saturated rings. The van der Waals surface area contributed by atoms with Crippen molar-refractivity contribution in [3.8, 4) is 0 Å². The van der Waals surface area contributed by atoms with E-state index in [0.29, 0.717) is 0 Å². The molecule has 0 aromatic carbocycles. The van der Waals surface area contributed by atoms with Gasteiger partial charge in [-0.1, -0.05) is 75.5 Å². The highest BCUT2D eigenvalue weighted by Gasteiger charge is 2.32. The van der Waals surface area contributed by atoms with E-state index in [-0.39, 0.29) is 0 Å². The van der Waals surface area contributed by atoms with E-state index in [1.54, 1.807) is 56.9 Å². The number of unbranched alkanes of at least 4 members (excludes halogenated alkanes) is 4. The third-order valence-corrected chi connectivity index (χ3v) is 19.5. The zero-order chi connectivity index (χ0) is 27.8. The fourth-order valence-corrected chi connectivity index (χ4v) is 14.9. The van der Waals surface area contributed by atoms with Gasteiger partial charge in [0.25, 0.3) is 0 Å². The molecule has 0 amide bonds. The summed E-state index contributed by atoms with van der Waals surface area (Å²) in [5, 5.41) is 0. The minimum Gasteiger partial charge on any atom is -0.397 e. The molecule has 37 heavy (non-hydrogen) atoms. The van der Waals surface area contributed by atoms with Crippen LogP contribution in [-0.2, 0) is 35.4 Å². The Morgan fingerprint density at radius 2 is 0.514 bits per heavy atom. The van der Waals surface area contributed by atoms with Crippen LogP contribution in [0.25, 0.3) is 0 Å². The number of hydrogen-bond donors (Lipinski definition) is 0. The van der Waals surface area contributed by atoms with Crippen molar-refractivity contribution in [1.82, 2.24) is 0 Å². The van der Waals surface area contributed by atoms with Gasteiger partial charge in [-0.15, -0.1) is 0 Å². The standard InChI is InChI=1S/C24H56O8Si5/c1-25-33(26-2)17-9-13-21-37(22-14-10-18-34(27-3)28-4,23-15-11-19-35(29-5)30-6)24-16-12-20-36(31-7)32-8/h9-24H2,1-8H3. The van der Waals surface area contributed by atoms with E-state index < -0.39 is 45.2 Å². The quantitative estimate of drug-likeness (QED) is 0.0826. The molecule has 0 aromatic heterocycles. The molecule has 0 saturated carbocycles. The van der Waals surface area contributed by atoms with E-state index in [1.807, 2.05) is 0 Å². The van der Waals surface area contributed by atoms with Crippen LogP contribution in [0.1, 0.15) is 51.4 Å². The normalized spacial score (nSPS) is 12.6. The first-order valence-electron chi connectivity index (χ1n) is 13.7. The first-order valence-corrected chi connectivity index (χ1v) is 22.7. The molecular weight excluding hydrogens is 557 g/mol. The summed E-state index contributed by atoms with van der Waals surface area (Å²) >= 11 is 0. The minimum absolute atomic E-state index is 1.07. The van der Waals surface area contributed by atoms with E-state index in [2.05, 4.69) is 0 Å². The predicted molar refractivity (Wildman–Crippen MR) is 160 cm³/mol. The summed E-state index contributed by atoms with van der Waals surface area (Å²) in [5.41, 5.74) is 0. The Labute approximate surface area is 236 Å². The van der Waals surface area contributed by atoms with Gasteiger partial charge in [-0.3, -0.25) is 0 Å². The molecule has 0 aliphatic carbocycles. The molecule has 0 saturated heterocycles. The van der Waals surface area contributed by atoms with Gasteiger partial charge in [0, 0.05) is 56.9 Å². The van der Waals surface area contributed by atoms with E-state index in [1.165, 1.54) is 75.5 Å². The molecule has 8 nitrogen and oxygen atoms in total. The van der Waals surface area contributed by atoms with Crippen LogP contribution in [0.3, 0.4) is 0 Å². The smallest absolute Gasteiger partial charge is 0.384 e. The van der Waals surface area contributed by atoms with Crippen LogP contribution < -0.4 is 0 Å². The van der Waals surface area contributed by atoms with E-state index in [0.717, 1.165) is 24.2 Å². The zero-order valence-electron chi connectivity index (χ0n) is 25.1. The monoisotopic (exact) mass is 612 g/mol. The van der Waals surface area contributed by atoms with Gasteiger partial charge in [0.2, 0.25) is 0 Å². The lowest BCUT2D eigenvalue weighted by Crippen LogP contribution is -2.34. The number of rotatable bonds is 28. The molecule has 0 spiro atoms. The van der Waals surface area contributed by atoms with Gasteiger partial charge in [-0.2, -0.15) is 0 Å².